The summed E-state index contributed by atoms with van der Waals surface area (Å²) in [6.07, 6.45) is 2.49. The molecule has 2 aromatic heterocycles. The van der Waals surface area contributed by atoms with Gasteiger partial charge in [0.1, 0.15) is 0 Å². The monoisotopic (exact) mass is 449 g/mol. The zero-order valence-electron chi connectivity index (χ0n) is 19.1. The number of aliphatic hydroxyl groups excluding tert-OH is 1. The summed E-state index contributed by atoms with van der Waals surface area (Å²) in [4.78, 5) is 8.92. The summed E-state index contributed by atoms with van der Waals surface area (Å²) in [5, 5.41) is 13.7. The molecule has 32 heavy (non-hydrogen) atoms. The number of nitrogens with zero attached hydrogens (tertiary/aromatic N) is 4. The van der Waals surface area contributed by atoms with Gasteiger partial charge in [-0.15, -0.1) is 0 Å². The van der Waals surface area contributed by atoms with E-state index < -0.39 is 0 Å². The van der Waals surface area contributed by atoms with Crippen LogP contribution in [0.15, 0.2) is 54.7 Å². The molecule has 0 radical (unpaired) electrons. The lowest BCUT2D eigenvalue weighted by Crippen LogP contribution is -2.31. The van der Waals surface area contributed by atoms with Gasteiger partial charge in [0, 0.05) is 56.2 Å². The van der Waals surface area contributed by atoms with Crippen molar-refractivity contribution in [2.45, 2.75) is 32.4 Å². The molecule has 1 aliphatic heterocycles. The third-order valence-corrected chi connectivity index (χ3v) is 6.52. The van der Waals surface area contributed by atoms with Crippen molar-refractivity contribution >= 4 is 23.0 Å². The minimum atomic E-state index is -0.0486. The molecule has 1 aromatic carbocycles. The average molecular weight is 450 g/mol. The number of aliphatic hydroxyl groups is 1. The second kappa shape index (κ2) is 9.30. The summed E-state index contributed by atoms with van der Waals surface area (Å²) in [5.74, 6) is 0. The van der Waals surface area contributed by atoms with Crippen molar-refractivity contribution in [1.82, 2.24) is 19.8 Å². The van der Waals surface area contributed by atoms with Crippen molar-refractivity contribution in [2.24, 2.45) is 0 Å². The standard InChI is InChI=1S/C25H31N5OS/c1-17-16-21(18(2)30(17)20-11-9-19(10-12-20)28(3)4)24-23(22-8-5-6-13-26-22)27-25(32)29(24)14-7-15-31/h5-6,8-13,16,23-24,31H,7,14-15H2,1-4H3,(H,27,32)/t23-,24-/m1/s1. The molecule has 2 atom stereocenters. The number of hydrogen-bond donors (Lipinski definition) is 2. The number of aromatic nitrogens is 2. The maximum Gasteiger partial charge on any atom is 0.170 e. The summed E-state index contributed by atoms with van der Waals surface area (Å²) in [7, 11) is 4.10. The Labute approximate surface area is 195 Å². The number of anilines is 1. The van der Waals surface area contributed by atoms with E-state index in [9.17, 15) is 5.11 Å². The summed E-state index contributed by atoms with van der Waals surface area (Å²) in [6.45, 7) is 5.14. The van der Waals surface area contributed by atoms with E-state index in [4.69, 9.17) is 12.2 Å². The zero-order valence-corrected chi connectivity index (χ0v) is 19.9. The third-order valence-electron chi connectivity index (χ3n) is 6.17. The highest BCUT2D eigenvalue weighted by Gasteiger charge is 2.41. The molecule has 0 bridgehead atoms. The molecule has 3 heterocycles. The fourth-order valence-corrected chi connectivity index (χ4v) is 4.94. The minimum absolute atomic E-state index is 0.00458. The second-order valence-corrected chi connectivity index (χ2v) is 8.86. The molecule has 7 heteroatoms. The molecule has 0 saturated carbocycles. The highest BCUT2D eigenvalue weighted by atomic mass is 32.1. The summed E-state index contributed by atoms with van der Waals surface area (Å²) in [6, 6.07) is 16.8. The fourth-order valence-electron chi connectivity index (χ4n) is 4.61. The van der Waals surface area contributed by atoms with Crippen LogP contribution in [0.1, 0.15) is 41.1 Å². The van der Waals surface area contributed by atoms with Gasteiger partial charge in [0.2, 0.25) is 0 Å². The SMILES string of the molecule is Cc1cc([C@@H]2[C@@H](c3ccccn3)NC(=S)N2CCCO)c(C)n1-c1ccc(N(C)C)cc1. The van der Waals surface area contributed by atoms with E-state index in [1.807, 2.05) is 38.5 Å². The van der Waals surface area contributed by atoms with Crippen LogP contribution in [0.2, 0.25) is 0 Å². The Morgan fingerprint density at radius 2 is 1.88 bits per heavy atom. The number of aryl methyl sites for hydroxylation is 1. The van der Waals surface area contributed by atoms with Crippen molar-refractivity contribution < 1.29 is 5.11 Å². The number of benzene rings is 1. The number of nitrogens with one attached hydrogen (secondary N) is 1. The molecule has 2 N–H and O–H groups in total. The number of thiocarbonyl (C=S) groups is 1. The molecular weight excluding hydrogens is 418 g/mol. The minimum Gasteiger partial charge on any atom is -0.396 e. The Hall–Kier alpha value is -2.90. The Balaban J connectivity index is 1.78. The third kappa shape index (κ3) is 4.10. The van der Waals surface area contributed by atoms with Crippen LogP contribution >= 0.6 is 12.2 Å². The predicted octanol–water partition coefficient (Wildman–Crippen LogP) is 3.91. The first-order valence-electron chi connectivity index (χ1n) is 11.0. The average Bonchev–Trinajstić information content (AvgIpc) is 3.27. The maximum atomic E-state index is 9.46. The van der Waals surface area contributed by atoms with Crippen molar-refractivity contribution in [2.75, 3.05) is 32.1 Å². The van der Waals surface area contributed by atoms with Gasteiger partial charge in [-0.2, -0.15) is 0 Å². The number of pyridine rings is 1. The quantitative estimate of drug-likeness (QED) is 0.534. The molecule has 0 aliphatic carbocycles. The molecule has 4 rings (SSSR count). The van der Waals surface area contributed by atoms with Crippen LogP contribution in [-0.4, -0.2) is 51.9 Å². The molecule has 168 valence electrons. The highest BCUT2D eigenvalue weighted by Crippen LogP contribution is 2.41. The topological polar surface area (TPSA) is 56.6 Å². The molecule has 3 aromatic rings. The molecule has 0 amide bonds. The van der Waals surface area contributed by atoms with E-state index in [-0.39, 0.29) is 18.7 Å². The molecule has 0 unspecified atom stereocenters. The van der Waals surface area contributed by atoms with E-state index in [1.165, 1.54) is 22.6 Å². The van der Waals surface area contributed by atoms with Gasteiger partial charge >= 0.3 is 0 Å². The normalized spacial score (nSPS) is 18.2. The summed E-state index contributed by atoms with van der Waals surface area (Å²) < 4.78 is 2.30. The van der Waals surface area contributed by atoms with Crippen LogP contribution in [0.5, 0.6) is 0 Å². The first kappa shape index (κ1) is 22.3. The van der Waals surface area contributed by atoms with Crippen LogP contribution in [0.25, 0.3) is 5.69 Å². The van der Waals surface area contributed by atoms with Gasteiger partial charge in [0.05, 0.1) is 17.8 Å². The summed E-state index contributed by atoms with van der Waals surface area (Å²) in [5.41, 5.74) is 6.86. The lowest BCUT2D eigenvalue weighted by molar-refractivity contribution is 0.247. The molecule has 0 spiro atoms. The van der Waals surface area contributed by atoms with Gasteiger partial charge in [0.25, 0.3) is 0 Å². The van der Waals surface area contributed by atoms with Gasteiger partial charge in [-0.3, -0.25) is 4.98 Å². The lowest BCUT2D eigenvalue weighted by Gasteiger charge is -2.28. The van der Waals surface area contributed by atoms with Gasteiger partial charge in [-0.1, -0.05) is 6.07 Å². The molecule has 1 aliphatic rings. The van der Waals surface area contributed by atoms with Gasteiger partial charge < -0.3 is 24.8 Å². The van der Waals surface area contributed by atoms with Crippen molar-refractivity contribution in [1.29, 1.82) is 0 Å². The van der Waals surface area contributed by atoms with E-state index in [2.05, 4.69) is 68.8 Å². The maximum absolute atomic E-state index is 9.46. The smallest absolute Gasteiger partial charge is 0.170 e. The predicted molar refractivity (Wildman–Crippen MR) is 133 cm³/mol. The Kier molecular flexibility index (Phi) is 6.48. The largest absolute Gasteiger partial charge is 0.396 e. The molecule has 6 nitrogen and oxygen atoms in total. The first-order chi connectivity index (χ1) is 15.4. The van der Waals surface area contributed by atoms with Crippen LogP contribution in [0, 0.1) is 13.8 Å². The van der Waals surface area contributed by atoms with Gasteiger partial charge in [-0.05, 0) is 80.5 Å². The van der Waals surface area contributed by atoms with Gasteiger partial charge in [-0.25, -0.2) is 0 Å². The first-order valence-corrected chi connectivity index (χ1v) is 11.4. The fraction of sp³-hybridized carbons (Fsp3) is 0.360. The second-order valence-electron chi connectivity index (χ2n) is 8.47. The Bertz CT molecular complexity index is 1080. The van der Waals surface area contributed by atoms with E-state index in [0.717, 1.165) is 11.4 Å². The van der Waals surface area contributed by atoms with E-state index in [1.54, 1.807) is 0 Å². The molecular formula is C25H31N5OS. The Morgan fingerprint density at radius 3 is 2.50 bits per heavy atom. The highest BCUT2D eigenvalue weighted by molar-refractivity contribution is 7.80. The number of hydrogen-bond acceptors (Lipinski definition) is 4. The zero-order chi connectivity index (χ0) is 22.8. The van der Waals surface area contributed by atoms with Crippen molar-refractivity contribution in [3.05, 3.63) is 77.4 Å². The summed E-state index contributed by atoms with van der Waals surface area (Å²) >= 11 is 5.72. The van der Waals surface area contributed by atoms with Crippen LogP contribution in [0.4, 0.5) is 5.69 Å². The van der Waals surface area contributed by atoms with E-state index in [0.29, 0.717) is 18.1 Å². The van der Waals surface area contributed by atoms with Crippen LogP contribution < -0.4 is 10.2 Å². The van der Waals surface area contributed by atoms with Crippen molar-refractivity contribution in [3.8, 4) is 5.69 Å². The Morgan fingerprint density at radius 1 is 1.12 bits per heavy atom. The molecule has 1 saturated heterocycles. The van der Waals surface area contributed by atoms with E-state index >= 15 is 0 Å². The van der Waals surface area contributed by atoms with Crippen molar-refractivity contribution in [3.63, 3.8) is 0 Å². The van der Waals surface area contributed by atoms with Crippen LogP contribution in [-0.2, 0) is 0 Å². The van der Waals surface area contributed by atoms with Crippen LogP contribution in [0.3, 0.4) is 0 Å². The molecule has 1 fully saturated rings. The number of rotatable bonds is 7. The lowest BCUT2D eigenvalue weighted by atomic mass is 9.96. The van der Waals surface area contributed by atoms with Gasteiger partial charge in [0.15, 0.2) is 5.11 Å².